The van der Waals surface area contributed by atoms with Gasteiger partial charge in [0.15, 0.2) is 0 Å². The molecule has 1 N–H and O–H groups in total. The van der Waals surface area contributed by atoms with Crippen LogP contribution < -0.4 is 5.32 Å². The van der Waals surface area contributed by atoms with Crippen LogP contribution in [0.15, 0.2) is 0 Å². The second-order valence-electron chi connectivity index (χ2n) is 5.48. The van der Waals surface area contributed by atoms with Crippen LogP contribution in [0.25, 0.3) is 0 Å². The predicted octanol–water partition coefficient (Wildman–Crippen LogP) is 1.63. The Bertz CT molecular complexity index is 212. The van der Waals surface area contributed by atoms with Gasteiger partial charge in [0, 0.05) is 19.0 Å². The van der Waals surface area contributed by atoms with Crippen molar-refractivity contribution in [2.75, 3.05) is 20.1 Å². The van der Waals surface area contributed by atoms with Crippen molar-refractivity contribution in [3.05, 3.63) is 0 Å². The minimum atomic E-state index is 0.184. The van der Waals surface area contributed by atoms with E-state index in [9.17, 15) is 4.79 Å². The highest BCUT2D eigenvalue weighted by Crippen LogP contribution is 2.25. The maximum absolute atomic E-state index is 11.2. The molecule has 3 heteroatoms. The lowest BCUT2D eigenvalue weighted by atomic mass is 9.90. The molecule has 1 saturated heterocycles. The largest absolute Gasteiger partial charge is 0.359 e. The van der Waals surface area contributed by atoms with Crippen molar-refractivity contribution in [2.24, 2.45) is 5.92 Å². The first-order chi connectivity index (χ1) is 6.93. The molecular formula is C12H24N2O. The first-order valence-corrected chi connectivity index (χ1v) is 5.89. The molecular weight excluding hydrogens is 188 g/mol. The molecule has 1 fully saturated rings. The van der Waals surface area contributed by atoms with Gasteiger partial charge in [0.05, 0.1) is 0 Å². The second kappa shape index (κ2) is 4.97. The van der Waals surface area contributed by atoms with Crippen molar-refractivity contribution < 1.29 is 4.79 Å². The summed E-state index contributed by atoms with van der Waals surface area (Å²) in [4.78, 5) is 13.7. The number of hydrogen-bond acceptors (Lipinski definition) is 2. The van der Waals surface area contributed by atoms with Crippen LogP contribution in [0.2, 0.25) is 0 Å². The first-order valence-electron chi connectivity index (χ1n) is 5.89. The number of piperidine rings is 1. The van der Waals surface area contributed by atoms with Gasteiger partial charge in [-0.25, -0.2) is 0 Å². The zero-order valence-corrected chi connectivity index (χ0v) is 10.5. The van der Waals surface area contributed by atoms with Gasteiger partial charge in [-0.2, -0.15) is 0 Å². The second-order valence-corrected chi connectivity index (χ2v) is 5.48. The highest BCUT2D eigenvalue weighted by molar-refractivity contribution is 5.75. The highest BCUT2D eigenvalue weighted by Gasteiger charge is 2.27. The van der Waals surface area contributed by atoms with Crippen LogP contribution in [0.1, 0.15) is 40.0 Å². The molecule has 0 bridgehead atoms. The number of likely N-dealkylation sites (tertiary alicyclic amines) is 1. The molecule has 0 aromatic rings. The average Bonchev–Trinajstić information content (AvgIpc) is 2.17. The molecule has 0 spiro atoms. The Morgan fingerprint density at radius 2 is 1.87 bits per heavy atom. The molecule has 1 heterocycles. The van der Waals surface area contributed by atoms with Gasteiger partial charge in [0.2, 0.25) is 5.91 Å². The van der Waals surface area contributed by atoms with Gasteiger partial charge in [-0.05, 0) is 52.6 Å². The lowest BCUT2D eigenvalue weighted by Crippen LogP contribution is -2.46. The van der Waals surface area contributed by atoms with Crippen molar-refractivity contribution in [3.63, 3.8) is 0 Å². The van der Waals surface area contributed by atoms with E-state index in [1.807, 2.05) is 0 Å². The molecule has 3 nitrogen and oxygen atoms in total. The predicted molar refractivity (Wildman–Crippen MR) is 62.7 cm³/mol. The van der Waals surface area contributed by atoms with E-state index < -0.39 is 0 Å². The quantitative estimate of drug-likeness (QED) is 0.754. The number of nitrogens with one attached hydrogen (secondary N) is 1. The molecule has 1 aliphatic rings. The summed E-state index contributed by atoms with van der Waals surface area (Å²) in [7, 11) is 1.71. The zero-order valence-electron chi connectivity index (χ0n) is 10.5. The topological polar surface area (TPSA) is 32.3 Å². The molecule has 1 rings (SSSR count). The van der Waals surface area contributed by atoms with E-state index in [1.165, 1.54) is 0 Å². The number of carbonyl (C=O) groups excluding carboxylic acids is 1. The summed E-state index contributed by atoms with van der Waals surface area (Å²) in [6.07, 6.45) is 3.02. The van der Waals surface area contributed by atoms with Crippen LogP contribution in [0, 0.1) is 5.92 Å². The number of nitrogens with zero attached hydrogens (tertiary/aromatic N) is 1. The Morgan fingerprint density at radius 1 is 1.33 bits per heavy atom. The van der Waals surface area contributed by atoms with Crippen LogP contribution in [0.5, 0.6) is 0 Å². The summed E-state index contributed by atoms with van der Waals surface area (Å²) in [5.41, 5.74) is 0.276. The average molecular weight is 212 g/mol. The molecule has 0 aromatic carbocycles. The van der Waals surface area contributed by atoms with Crippen LogP contribution >= 0.6 is 0 Å². The monoisotopic (exact) mass is 212 g/mol. The van der Waals surface area contributed by atoms with Crippen molar-refractivity contribution >= 4 is 5.91 Å². The van der Waals surface area contributed by atoms with E-state index >= 15 is 0 Å². The van der Waals surface area contributed by atoms with Gasteiger partial charge in [-0.3, -0.25) is 9.69 Å². The first kappa shape index (κ1) is 12.5. The molecule has 0 unspecified atom stereocenters. The Hall–Kier alpha value is -0.570. The summed E-state index contributed by atoms with van der Waals surface area (Å²) in [6, 6.07) is 0. The van der Waals surface area contributed by atoms with Gasteiger partial charge < -0.3 is 5.32 Å². The fraction of sp³-hybridized carbons (Fsp3) is 0.917. The summed E-state index contributed by atoms with van der Waals surface area (Å²) in [5, 5.41) is 2.70. The van der Waals surface area contributed by atoms with Gasteiger partial charge >= 0.3 is 0 Å². The number of carbonyl (C=O) groups is 1. The molecule has 15 heavy (non-hydrogen) atoms. The summed E-state index contributed by atoms with van der Waals surface area (Å²) in [5.74, 6) is 0.771. The van der Waals surface area contributed by atoms with Crippen LogP contribution in [-0.4, -0.2) is 36.5 Å². The minimum absolute atomic E-state index is 0.184. The molecule has 1 aliphatic heterocycles. The molecule has 0 saturated carbocycles. The third-order valence-electron chi connectivity index (χ3n) is 3.32. The zero-order chi connectivity index (χ0) is 11.5. The smallest absolute Gasteiger partial charge is 0.220 e. The summed E-state index contributed by atoms with van der Waals surface area (Å²) in [6.45, 7) is 9.03. The van der Waals surface area contributed by atoms with Gasteiger partial charge in [0.25, 0.3) is 0 Å². The molecule has 0 radical (unpaired) electrons. The standard InChI is InChI=1S/C12H24N2O/c1-12(2,3)14-7-5-10(6-8-14)9-11(15)13-4/h10H,5-9H2,1-4H3,(H,13,15). The molecule has 0 aromatic heterocycles. The van der Waals surface area contributed by atoms with Crippen LogP contribution in [0.4, 0.5) is 0 Å². The lowest BCUT2D eigenvalue weighted by Gasteiger charge is -2.40. The van der Waals surface area contributed by atoms with E-state index in [1.54, 1.807) is 7.05 Å². The van der Waals surface area contributed by atoms with Crippen LogP contribution in [-0.2, 0) is 4.79 Å². The Kier molecular flexibility index (Phi) is 4.14. The summed E-state index contributed by atoms with van der Waals surface area (Å²) >= 11 is 0. The molecule has 0 aliphatic carbocycles. The van der Waals surface area contributed by atoms with Gasteiger partial charge in [0.1, 0.15) is 0 Å². The minimum Gasteiger partial charge on any atom is -0.359 e. The molecule has 88 valence electrons. The van der Waals surface area contributed by atoms with Gasteiger partial charge in [-0.1, -0.05) is 0 Å². The summed E-state index contributed by atoms with van der Waals surface area (Å²) < 4.78 is 0. The van der Waals surface area contributed by atoms with Crippen molar-refractivity contribution in [3.8, 4) is 0 Å². The fourth-order valence-electron chi connectivity index (χ4n) is 2.17. The Morgan fingerprint density at radius 3 is 2.27 bits per heavy atom. The van der Waals surface area contributed by atoms with Crippen molar-refractivity contribution in [1.82, 2.24) is 10.2 Å². The third-order valence-corrected chi connectivity index (χ3v) is 3.32. The number of rotatable bonds is 2. The number of hydrogen-bond donors (Lipinski definition) is 1. The number of amides is 1. The molecule has 0 atom stereocenters. The van der Waals surface area contributed by atoms with E-state index in [0.717, 1.165) is 25.9 Å². The lowest BCUT2D eigenvalue weighted by molar-refractivity contribution is -0.121. The van der Waals surface area contributed by atoms with Crippen molar-refractivity contribution in [2.45, 2.75) is 45.6 Å². The third kappa shape index (κ3) is 3.82. The fourth-order valence-corrected chi connectivity index (χ4v) is 2.17. The normalized spacial score (nSPS) is 20.3. The van der Waals surface area contributed by atoms with Crippen LogP contribution in [0.3, 0.4) is 0 Å². The van der Waals surface area contributed by atoms with Crippen molar-refractivity contribution in [1.29, 1.82) is 0 Å². The van der Waals surface area contributed by atoms with E-state index in [-0.39, 0.29) is 11.4 Å². The Labute approximate surface area is 93.2 Å². The molecule has 1 amide bonds. The maximum Gasteiger partial charge on any atom is 0.220 e. The SMILES string of the molecule is CNC(=O)CC1CCN(C(C)(C)C)CC1. The van der Waals surface area contributed by atoms with E-state index in [0.29, 0.717) is 12.3 Å². The highest BCUT2D eigenvalue weighted by atomic mass is 16.1. The van der Waals surface area contributed by atoms with Gasteiger partial charge in [-0.15, -0.1) is 0 Å². The maximum atomic E-state index is 11.2. The van der Waals surface area contributed by atoms with E-state index in [4.69, 9.17) is 0 Å². The van der Waals surface area contributed by atoms with E-state index in [2.05, 4.69) is 31.0 Å². The Balaban J connectivity index is 2.33.